The number of fused-ring (bicyclic) bond motifs is 1. The van der Waals surface area contributed by atoms with Crippen molar-refractivity contribution in [3.63, 3.8) is 0 Å². The zero-order valence-corrected chi connectivity index (χ0v) is 11.3. The maximum Gasteiger partial charge on any atom is 0.308 e. The summed E-state index contributed by atoms with van der Waals surface area (Å²) < 4.78 is 5.42. The molecule has 2 atom stereocenters. The number of carboxylic acid groups (broad SMARTS) is 1. The Balaban J connectivity index is 1.78. The van der Waals surface area contributed by atoms with Crippen molar-refractivity contribution in [1.82, 2.24) is 4.90 Å². The Morgan fingerprint density at radius 2 is 2.15 bits per heavy atom. The number of hydrogen-bond acceptors (Lipinski definition) is 3. The summed E-state index contributed by atoms with van der Waals surface area (Å²) in [5.41, 5.74) is 1.67. The second kappa shape index (κ2) is 4.81. The van der Waals surface area contributed by atoms with Crippen LogP contribution in [0.1, 0.15) is 22.8 Å². The average molecular weight is 275 g/mol. The van der Waals surface area contributed by atoms with Crippen LogP contribution in [0.2, 0.25) is 0 Å². The van der Waals surface area contributed by atoms with Gasteiger partial charge in [-0.3, -0.25) is 9.59 Å². The van der Waals surface area contributed by atoms with Gasteiger partial charge in [0.1, 0.15) is 5.75 Å². The Hall–Kier alpha value is -2.04. The minimum atomic E-state index is -0.824. The van der Waals surface area contributed by atoms with E-state index in [2.05, 4.69) is 0 Å². The van der Waals surface area contributed by atoms with Crippen LogP contribution in [-0.4, -0.2) is 41.6 Å². The molecule has 2 heterocycles. The van der Waals surface area contributed by atoms with E-state index in [0.717, 1.165) is 17.7 Å². The van der Waals surface area contributed by atoms with Crippen molar-refractivity contribution in [2.75, 3.05) is 19.7 Å². The molecular formula is C15H17NO4. The summed E-state index contributed by atoms with van der Waals surface area (Å²) in [6.45, 7) is 3.34. The molecule has 5 heteroatoms. The molecule has 0 saturated carbocycles. The van der Waals surface area contributed by atoms with E-state index < -0.39 is 11.9 Å². The third-order valence-electron chi connectivity index (χ3n) is 4.15. The second-order valence-electron chi connectivity index (χ2n) is 5.55. The molecule has 1 saturated heterocycles. The van der Waals surface area contributed by atoms with E-state index in [-0.39, 0.29) is 11.8 Å². The predicted octanol–water partition coefficient (Wildman–Crippen LogP) is 1.41. The van der Waals surface area contributed by atoms with E-state index in [9.17, 15) is 9.59 Å². The number of amides is 1. The van der Waals surface area contributed by atoms with Crippen molar-refractivity contribution in [2.24, 2.45) is 11.8 Å². The lowest BCUT2D eigenvalue weighted by Crippen LogP contribution is -2.29. The standard InChI is InChI=1S/C15H17NO4/c1-9-7-16(8-12(9)15(18)19)14(17)11-2-3-13-10(6-11)4-5-20-13/h2-3,6,9,12H,4-5,7-8H2,1H3,(H,18,19)/t9-,12-/m1/s1. The van der Waals surface area contributed by atoms with Gasteiger partial charge in [0, 0.05) is 25.1 Å². The number of hydrogen-bond donors (Lipinski definition) is 1. The molecule has 106 valence electrons. The van der Waals surface area contributed by atoms with Gasteiger partial charge in [0.05, 0.1) is 12.5 Å². The van der Waals surface area contributed by atoms with Gasteiger partial charge < -0.3 is 14.7 Å². The molecule has 0 aliphatic carbocycles. The van der Waals surface area contributed by atoms with Gasteiger partial charge in [-0.25, -0.2) is 0 Å². The summed E-state index contributed by atoms with van der Waals surface area (Å²) in [5.74, 6) is -0.531. The number of rotatable bonds is 2. The highest BCUT2D eigenvalue weighted by atomic mass is 16.5. The second-order valence-corrected chi connectivity index (χ2v) is 5.55. The van der Waals surface area contributed by atoms with E-state index >= 15 is 0 Å². The van der Waals surface area contributed by atoms with Crippen molar-refractivity contribution in [1.29, 1.82) is 0 Å². The first-order valence-corrected chi connectivity index (χ1v) is 6.84. The molecule has 2 aliphatic heterocycles. The van der Waals surface area contributed by atoms with Crippen LogP contribution in [0.15, 0.2) is 18.2 Å². The first-order valence-electron chi connectivity index (χ1n) is 6.84. The molecule has 0 bridgehead atoms. The molecule has 0 aromatic heterocycles. The summed E-state index contributed by atoms with van der Waals surface area (Å²) in [4.78, 5) is 25.2. The number of benzene rings is 1. The van der Waals surface area contributed by atoms with Gasteiger partial charge >= 0.3 is 5.97 Å². The topological polar surface area (TPSA) is 66.8 Å². The summed E-state index contributed by atoms with van der Waals surface area (Å²) in [6, 6.07) is 5.44. The van der Waals surface area contributed by atoms with Gasteiger partial charge in [-0.1, -0.05) is 6.92 Å². The Kier molecular flexibility index (Phi) is 3.12. The number of ether oxygens (including phenoxy) is 1. The Morgan fingerprint density at radius 1 is 1.35 bits per heavy atom. The maximum absolute atomic E-state index is 12.5. The number of nitrogens with zero attached hydrogens (tertiary/aromatic N) is 1. The molecule has 20 heavy (non-hydrogen) atoms. The fourth-order valence-electron chi connectivity index (χ4n) is 2.96. The smallest absolute Gasteiger partial charge is 0.308 e. The summed E-state index contributed by atoms with van der Waals surface area (Å²) in [5, 5.41) is 9.13. The highest BCUT2D eigenvalue weighted by Crippen LogP contribution is 2.28. The van der Waals surface area contributed by atoms with Gasteiger partial charge in [-0.15, -0.1) is 0 Å². The lowest BCUT2D eigenvalue weighted by molar-refractivity contribution is -0.142. The third-order valence-corrected chi connectivity index (χ3v) is 4.15. The Morgan fingerprint density at radius 3 is 2.85 bits per heavy atom. The number of carbonyl (C=O) groups excluding carboxylic acids is 1. The molecule has 3 rings (SSSR count). The van der Waals surface area contributed by atoms with Gasteiger partial charge in [0.15, 0.2) is 0 Å². The van der Waals surface area contributed by atoms with E-state index in [1.807, 2.05) is 19.1 Å². The molecule has 1 aromatic rings. The van der Waals surface area contributed by atoms with Gasteiger partial charge in [0.25, 0.3) is 5.91 Å². The van der Waals surface area contributed by atoms with Crippen LogP contribution >= 0.6 is 0 Å². The highest BCUT2D eigenvalue weighted by Gasteiger charge is 2.37. The molecule has 1 N–H and O–H groups in total. The molecule has 1 aromatic carbocycles. The van der Waals surface area contributed by atoms with E-state index in [1.54, 1.807) is 11.0 Å². The molecule has 0 unspecified atom stereocenters. The van der Waals surface area contributed by atoms with Crippen LogP contribution < -0.4 is 4.74 Å². The van der Waals surface area contributed by atoms with Crippen molar-refractivity contribution >= 4 is 11.9 Å². The SMILES string of the molecule is C[C@@H]1CN(C(=O)c2ccc3c(c2)CCO3)C[C@H]1C(=O)O. The quantitative estimate of drug-likeness (QED) is 0.886. The number of aliphatic carboxylic acids is 1. The minimum absolute atomic E-state index is 0.00536. The minimum Gasteiger partial charge on any atom is -0.493 e. The molecule has 2 aliphatic rings. The van der Waals surface area contributed by atoms with Gasteiger partial charge in [-0.2, -0.15) is 0 Å². The molecule has 1 amide bonds. The maximum atomic E-state index is 12.5. The van der Waals surface area contributed by atoms with Crippen LogP contribution in [0.5, 0.6) is 5.75 Å². The first-order chi connectivity index (χ1) is 9.56. The molecule has 1 fully saturated rings. The Bertz CT molecular complexity index is 569. The fraction of sp³-hybridized carbons (Fsp3) is 0.467. The third kappa shape index (κ3) is 2.13. The van der Waals surface area contributed by atoms with Gasteiger partial charge in [0.2, 0.25) is 0 Å². The molecular weight excluding hydrogens is 258 g/mol. The number of carboxylic acids is 1. The largest absolute Gasteiger partial charge is 0.493 e. The average Bonchev–Trinajstić information content (AvgIpc) is 3.02. The van der Waals surface area contributed by atoms with E-state index in [4.69, 9.17) is 9.84 Å². The van der Waals surface area contributed by atoms with Crippen LogP contribution in [0.4, 0.5) is 0 Å². The summed E-state index contributed by atoms with van der Waals surface area (Å²) in [6.07, 6.45) is 0.824. The summed E-state index contributed by atoms with van der Waals surface area (Å²) >= 11 is 0. The van der Waals surface area contributed by atoms with Gasteiger partial charge in [-0.05, 0) is 29.7 Å². The molecule has 0 spiro atoms. The predicted molar refractivity (Wildman–Crippen MR) is 71.8 cm³/mol. The van der Waals surface area contributed by atoms with Crippen LogP contribution in [0, 0.1) is 11.8 Å². The normalized spacial score (nSPS) is 24.4. The van der Waals surface area contributed by atoms with Crippen LogP contribution in [0.3, 0.4) is 0 Å². The molecule has 0 radical (unpaired) electrons. The van der Waals surface area contributed by atoms with Crippen LogP contribution in [0.25, 0.3) is 0 Å². The lowest BCUT2D eigenvalue weighted by atomic mass is 9.99. The van der Waals surface area contributed by atoms with E-state index in [1.165, 1.54) is 0 Å². The Labute approximate surface area is 117 Å². The number of carbonyl (C=O) groups is 2. The van der Waals surface area contributed by atoms with Crippen LogP contribution in [-0.2, 0) is 11.2 Å². The highest BCUT2D eigenvalue weighted by molar-refractivity contribution is 5.95. The molecule has 5 nitrogen and oxygen atoms in total. The summed E-state index contributed by atoms with van der Waals surface area (Å²) in [7, 11) is 0. The van der Waals surface area contributed by atoms with Crippen molar-refractivity contribution in [2.45, 2.75) is 13.3 Å². The van der Waals surface area contributed by atoms with E-state index in [0.29, 0.717) is 25.3 Å². The monoisotopic (exact) mass is 275 g/mol. The first kappa shape index (κ1) is 13.0. The lowest BCUT2D eigenvalue weighted by Gasteiger charge is -2.16. The van der Waals surface area contributed by atoms with Crippen molar-refractivity contribution in [3.05, 3.63) is 29.3 Å². The zero-order chi connectivity index (χ0) is 14.3. The zero-order valence-electron chi connectivity index (χ0n) is 11.3. The fourth-order valence-corrected chi connectivity index (χ4v) is 2.96. The van der Waals surface area contributed by atoms with Crippen molar-refractivity contribution in [3.8, 4) is 5.75 Å². The van der Waals surface area contributed by atoms with Crippen molar-refractivity contribution < 1.29 is 19.4 Å². The number of likely N-dealkylation sites (tertiary alicyclic amines) is 1.